The predicted molar refractivity (Wildman–Crippen MR) is 124 cm³/mol. The summed E-state index contributed by atoms with van der Waals surface area (Å²) in [7, 11) is -2.31. The number of rotatable bonds is 7. The van der Waals surface area contributed by atoms with Gasteiger partial charge in [-0.1, -0.05) is 37.3 Å². The first-order valence-electron chi connectivity index (χ1n) is 10.0. The molecule has 0 aliphatic carbocycles. The van der Waals surface area contributed by atoms with Crippen LogP contribution in [0.1, 0.15) is 41.3 Å². The summed E-state index contributed by atoms with van der Waals surface area (Å²) in [4.78, 5) is 20.5. The Balaban J connectivity index is 1.90. The van der Waals surface area contributed by atoms with Crippen LogP contribution in [-0.2, 0) is 14.8 Å². The highest BCUT2D eigenvalue weighted by Crippen LogP contribution is 2.23. The number of sulfonamides is 1. The number of unbranched alkanes of at least 4 members (excludes halogenated alkanes) is 1. The highest BCUT2D eigenvalue weighted by molar-refractivity contribution is 7.92. The van der Waals surface area contributed by atoms with E-state index in [1.807, 2.05) is 43.3 Å². The van der Waals surface area contributed by atoms with E-state index in [9.17, 15) is 13.2 Å². The van der Waals surface area contributed by atoms with E-state index in [4.69, 9.17) is 4.74 Å². The summed E-state index contributed by atoms with van der Waals surface area (Å²) >= 11 is 0. The molecule has 3 aromatic rings. The molecule has 1 N–H and O–H groups in total. The van der Waals surface area contributed by atoms with Crippen LogP contribution in [0.4, 0.5) is 5.82 Å². The Kier molecular flexibility index (Phi) is 7.58. The van der Waals surface area contributed by atoms with Crippen molar-refractivity contribution in [3.63, 3.8) is 0 Å². The normalized spacial score (nSPS) is 10.7. The van der Waals surface area contributed by atoms with Gasteiger partial charge in [0.1, 0.15) is 5.82 Å². The molecule has 0 amide bonds. The molecule has 0 aliphatic rings. The van der Waals surface area contributed by atoms with Gasteiger partial charge in [0.25, 0.3) is 0 Å². The first-order chi connectivity index (χ1) is 15.4. The maximum absolute atomic E-state index is 12.3. The summed E-state index contributed by atoms with van der Waals surface area (Å²) in [5.41, 5.74) is 2.95. The average Bonchev–Trinajstić information content (AvgIpc) is 2.81. The molecular formula is C24H23N3O4S. The molecule has 0 saturated heterocycles. The van der Waals surface area contributed by atoms with Gasteiger partial charge < -0.3 is 4.74 Å². The van der Waals surface area contributed by atoms with Crippen molar-refractivity contribution < 1.29 is 17.9 Å². The molecule has 3 rings (SSSR count). The highest BCUT2D eigenvalue weighted by atomic mass is 32.2. The summed E-state index contributed by atoms with van der Waals surface area (Å²) in [5.74, 6) is 5.57. The van der Waals surface area contributed by atoms with Crippen molar-refractivity contribution in [1.29, 1.82) is 0 Å². The fourth-order valence-corrected chi connectivity index (χ4v) is 4.01. The molecule has 0 saturated carbocycles. The molecule has 2 aromatic heterocycles. The minimum Gasteiger partial charge on any atom is -0.465 e. The van der Waals surface area contributed by atoms with Gasteiger partial charge in [-0.3, -0.25) is 9.71 Å². The summed E-state index contributed by atoms with van der Waals surface area (Å²) in [6.07, 6.45) is 4.65. The van der Waals surface area contributed by atoms with Gasteiger partial charge in [0, 0.05) is 29.1 Å². The topological polar surface area (TPSA) is 98.2 Å². The number of ether oxygens (including phenoxy) is 1. The first-order valence-corrected chi connectivity index (χ1v) is 11.7. The molecular weight excluding hydrogens is 426 g/mol. The predicted octanol–water partition coefficient (Wildman–Crippen LogP) is 3.87. The number of nitrogens with zero attached hydrogens (tertiary/aromatic N) is 2. The largest absolute Gasteiger partial charge is 0.465 e. The summed E-state index contributed by atoms with van der Waals surface area (Å²) in [6, 6.07) is 13.9. The van der Waals surface area contributed by atoms with Crippen LogP contribution in [0.2, 0.25) is 0 Å². The average molecular weight is 450 g/mol. The Labute approximate surface area is 187 Å². The molecule has 8 heteroatoms. The number of esters is 1. The second kappa shape index (κ2) is 10.6. The van der Waals surface area contributed by atoms with Crippen LogP contribution in [0.3, 0.4) is 0 Å². The van der Waals surface area contributed by atoms with Gasteiger partial charge in [0.05, 0.1) is 24.1 Å². The van der Waals surface area contributed by atoms with Crippen molar-refractivity contribution in [1.82, 2.24) is 9.97 Å². The smallest absolute Gasteiger partial charge is 0.338 e. The molecule has 1 aromatic carbocycles. The lowest BCUT2D eigenvalue weighted by atomic mass is 10.1. The number of carbonyl (C=O) groups is 1. The number of aromatic nitrogens is 2. The van der Waals surface area contributed by atoms with Crippen LogP contribution in [0, 0.1) is 11.8 Å². The van der Waals surface area contributed by atoms with Gasteiger partial charge in [-0.25, -0.2) is 18.2 Å². The van der Waals surface area contributed by atoms with Crippen LogP contribution < -0.4 is 4.72 Å². The van der Waals surface area contributed by atoms with Gasteiger partial charge in [-0.05, 0) is 42.8 Å². The molecule has 0 bridgehead atoms. The lowest BCUT2D eigenvalue weighted by molar-refractivity contribution is 0.0600. The molecule has 7 nitrogen and oxygen atoms in total. The molecule has 0 aliphatic heterocycles. The SMILES string of the molecule is CCCCS(=O)(=O)Nc1cc(C(=O)OC)cc(-c2ccc(C#Cc3cccnc3)cc2)n1. The first kappa shape index (κ1) is 23.0. The van der Waals surface area contributed by atoms with Gasteiger partial charge in [0.2, 0.25) is 10.0 Å². The third-order valence-corrected chi connectivity index (χ3v) is 5.81. The Morgan fingerprint density at radius 3 is 2.50 bits per heavy atom. The lowest BCUT2D eigenvalue weighted by Gasteiger charge is -2.11. The minimum atomic E-state index is -3.57. The van der Waals surface area contributed by atoms with E-state index >= 15 is 0 Å². The standard InChI is InChI=1S/C24H23N3O4S/c1-3-4-14-32(29,30)27-23-16-21(24(28)31-2)15-22(26-23)20-11-9-18(10-12-20)7-8-19-6-5-13-25-17-19/h5-6,9-13,15-17H,3-4,14H2,1-2H3,(H,26,27). The quantitative estimate of drug-likeness (QED) is 0.434. The molecule has 0 radical (unpaired) electrons. The Morgan fingerprint density at radius 2 is 1.84 bits per heavy atom. The fourth-order valence-electron chi connectivity index (χ4n) is 2.82. The van der Waals surface area contributed by atoms with Crippen LogP contribution in [0.15, 0.2) is 60.9 Å². The van der Waals surface area contributed by atoms with E-state index < -0.39 is 16.0 Å². The zero-order chi connectivity index (χ0) is 23.0. The molecule has 0 spiro atoms. The minimum absolute atomic E-state index is 0.0206. The van der Waals surface area contributed by atoms with Gasteiger partial charge in [-0.15, -0.1) is 0 Å². The second-order valence-electron chi connectivity index (χ2n) is 6.96. The van der Waals surface area contributed by atoms with E-state index in [0.29, 0.717) is 17.7 Å². The molecule has 32 heavy (non-hydrogen) atoms. The molecule has 0 fully saturated rings. The van der Waals surface area contributed by atoms with E-state index in [1.165, 1.54) is 13.2 Å². The van der Waals surface area contributed by atoms with Crippen molar-refractivity contribution in [2.24, 2.45) is 0 Å². The van der Waals surface area contributed by atoms with Gasteiger partial charge in [0.15, 0.2) is 0 Å². The molecule has 0 atom stereocenters. The molecule has 164 valence electrons. The van der Waals surface area contributed by atoms with E-state index in [2.05, 4.69) is 26.5 Å². The van der Waals surface area contributed by atoms with Crippen LogP contribution in [0.5, 0.6) is 0 Å². The van der Waals surface area contributed by atoms with Crippen molar-refractivity contribution in [3.8, 4) is 23.1 Å². The Bertz CT molecular complexity index is 1250. The van der Waals surface area contributed by atoms with E-state index in [1.54, 1.807) is 18.5 Å². The third kappa shape index (κ3) is 6.40. The van der Waals surface area contributed by atoms with Crippen molar-refractivity contribution in [2.45, 2.75) is 19.8 Å². The van der Waals surface area contributed by atoms with E-state index in [0.717, 1.165) is 17.5 Å². The zero-order valence-corrected chi connectivity index (χ0v) is 18.6. The van der Waals surface area contributed by atoms with Crippen LogP contribution >= 0.6 is 0 Å². The number of hydrogen-bond donors (Lipinski definition) is 1. The summed E-state index contributed by atoms with van der Waals surface area (Å²) < 4.78 is 31.9. The third-order valence-electron chi connectivity index (χ3n) is 4.47. The van der Waals surface area contributed by atoms with Gasteiger partial charge >= 0.3 is 5.97 Å². The van der Waals surface area contributed by atoms with E-state index in [-0.39, 0.29) is 17.1 Å². The zero-order valence-electron chi connectivity index (χ0n) is 17.8. The Hall–Kier alpha value is -3.70. The molecule has 0 unspecified atom stereocenters. The number of benzene rings is 1. The number of hydrogen-bond acceptors (Lipinski definition) is 6. The number of pyridine rings is 2. The summed E-state index contributed by atoms with van der Waals surface area (Å²) in [5, 5.41) is 0. The fraction of sp³-hybridized carbons (Fsp3) is 0.208. The Morgan fingerprint density at radius 1 is 1.09 bits per heavy atom. The number of carbonyl (C=O) groups excluding carboxylic acids is 1. The lowest BCUT2D eigenvalue weighted by Crippen LogP contribution is -2.18. The molecule has 2 heterocycles. The van der Waals surface area contributed by atoms with Gasteiger partial charge in [-0.2, -0.15) is 0 Å². The maximum atomic E-state index is 12.3. The van der Waals surface area contributed by atoms with Crippen molar-refractivity contribution >= 4 is 21.8 Å². The second-order valence-corrected chi connectivity index (χ2v) is 8.80. The van der Waals surface area contributed by atoms with Crippen LogP contribution in [0.25, 0.3) is 11.3 Å². The van der Waals surface area contributed by atoms with Crippen LogP contribution in [-0.4, -0.2) is 37.2 Å². The monoisotopic (exact) mass is 449 g/mol. The van der Waals surface area contributed by atoms with Crippen molar-refractivity contribution in [2.75, 3.05) is 17.6 Å². The number of anilines is 1. The highest BCUT2D eigenvalue weighted by Gasteiger charge is 2.16. The summed E-state index contributed by atoms with van der Waals surface area (Å²) in [6.45, 7) is 1.91. The maximum Gasteiger partial charge on any atom is 0.338 e. The number of nitrogens with one attached hydrogen (secondary N) is 1. The number of methoxy groups -OCH3 is 1. The van der Waals surface area contributed by atoms with Crippen molar-refractivity contribution in [3.05, 3.63) is 77.6 Å².